The Morgan fingerprint density at radius 3 is 1.34 bits per heavy atom. The van der Waals surface area contributed by atoms with Crippen LogP contribution in [-0.4, -0.2) is 81.0 Å². The number of imide groups is 2. The molecule has 32 heavy (non-hydrogen) atoms. The van der Waals surface area contributed by atoms with Crippen LogP contribution in [0.15, 0.2) is 0 Å². The van der Waals surface area contributed by atoms with Crippen LogP contribution in [0.4, 0.5) is 9.59 Å². The Kier molecular flexibility index (Phi) is 11.1. The van der Waals surface area contributed by atoms with Crippen molar-refractivity contribution < 1.29 is 39.0 Å². The number of nitrogens with zero attached hydrogens (tertiary/aromatic N) is 2. The van der Waals surface area contributed by atoms with E-state index in [1.807, 2.05) is 0 Å². The third-order valence-corrected chi connectivity index (χ3v) is 5.18. The van der Waals surface area contributed by atoms with Gasteiger partial charge in [0.2, 0.25) is 23.6 Å². The summed E-state index contributed by atoms with van der Waals surface area (Å²) in [6, 6.07) is -1.47. The molecule has 6 amide bonds. The lowest BCUT2D eigenvalue weighted by molar-refractivity contribution is -0.137. The zero-order valence-electron chi connectivity index (χ0n) is 18.5. The number of hydrogen-bond donors (Lipinski definition) is 4. The normalized spacial score (nSPS) is 17.8. The van der Waals surface area contributed by atoms with Gasteiger partial charge in [-0.3, -0.25) is 19.2 Å². The smallest absolute Gasteiger partial charge is 0.414 e. The summed E-state index contributed by atoms with van der Waals surface area (Å²) in [6.45, 7) is 3.20. The van der Waals surface area contributed by atoms with Crippen LogP contribution in [0.25, 0.3) is 0 Å². The van der Waals surface area contributed by atoms with Crippen molar-refractivity contribution >= 4 is 35.8 Å². The molecule has 1 aliphatic rings. The molecular weight excluding hydrogens is 424 g/mol. The third-order valence-electron chi connectivity index (χ3n) is 5.18. The quantitative estimate of drug-likeness (QED) is 0.316. The number of carboxylic acid groups (broad SMARTS) is 2. The van der Waals surface area contributed by atoms with Crippen molar-refractivity contribution in [1.29, 1.82) is 0 Å². The molecule has 0 spiro atoms. The summed E-state index contributed by atoms with van der Waals surface area (Å²) in [5, 5.41) is 23.4. The minimum Gasteiger partial charge on any atom is -0.465 e. The summed E-state index contributed by atoms with van der Waals surface area (Å²) in [5.74, 6) is -1.67. The number of nitrogens with one attached hydrogen (secondary N) is 2. The average Bonchev–Trinajstić information content (AvgIpc) is 2.74. The lowest BCUT2D eigenvalue weighted by Gasteiger charge is -2.30. The number of carbonyl (C=O) groups excluding carboxylic acids is 4. The predicted molar refractivity (Wildman–Crippen MR) is 112 cm³/mol. The van der Waals surface area contributed by atoms with E-state index < -0.39 is 36.1 Å². The van der Waals surface area contributed by atoms with Crippen LogP contribution in [0, 0.1) is 0 Å². The van der Waals surface area contributed by atoms with Gasteiger partial charge in [-0.25, -0.2) is 19.4 Å². The van der Waals surface area contributed by atoms with Gasteiger partial charge in [-0.2, -0.15) is 0 Å². The number of piperazine rings is 1. The van der Waals surface area contributed by atoms with Gasteiger partial charge in [-0.15, -0.1) is 0 Å². The molecule has 0 saturated carbocycles. The van der Waals surface area contributed by atoms with Crippen molar-refractivity contribution in [2.24, 2.45) is 0 Å². The van der Waals surface area contributed by atoms with Crippen LogP contribution in [0.5, 0.6) is 0 Å². The molecule has 2 atom stereocenters. The highest BCUT2D eigenvalue weighted by molar-refractivity contribution is 5.97. The maximum absolute atomic E-state index is 12.3. The highest BCUT2D eigenvalue weighted by atomic mass is 16.4. The molecule has 2 unspecified atom stereocenters. The molecule has 1 aliphatic heterocycles. The Hall–Kier alpha value is -3.18. The number of carbonyl (C=O) groups is 6. The second kappa shape index (κ2) is 13.3. The summed E-state index contributed by atoms with van der Waals surface area (Å²) in [5.41, 5.74) is 0. The molecule has 0 aromatic heterocycles. The first-order valence-corrected chi connectivity index (χ1v) is 10.8. The maximum atomic E-state index is 12.3. The minimum atomic E-state index is -1.31. The highest BCUT2D eigenvalue weighted by Gasteiger charge is 2.33. The molecule has 0 aliphatic carbocycles. The van der Waals surface area contributed by atoms with Crippen molar-refractivity contribution in [2.75, 3.05) is 13.1 Å². The summed E-state index contributed by atoms with van der Waals surface area (Å²) in [4.78, 5) is 71.4. The summed E-state index contributed by atoms with van der Waals surface area (Å²) in [6.07, 6.45) is -0.204. The Morgan fingerprint density at radius 1 is 0.719 bits per heavy atom. The summed E-state index contributed by atoms with van der Waals surface area (Å²) < 4.78 is 0. The van der Waals surface area contributed by atoms with Crippen LogP contribution >= 0.6 is 0 Å². The van der Waals surface area contributed by atoms with Gasteiger partial charge in [0.25, 0.3) is 0 Å². The van der Waals surface area contributed by atoms with Crippen molar-refractivity contribution in [3.8, 4) is 0 Å². The number of hydrogen-bond acceptors (Lipinski definition) is 6. The Labute approximate surface area is 186 Å². The maximum Gasteiger partial charge on any atom is 0.414 e. The molecule has 4 N–H and O–H groups in total. The van der Waals surface area contributed by atoms with E-state index >= 15 is 0 Å². The number of rotatable bonds is 12. The van der Waals surface area contributed by atoms with Crippen LogP contribution < -0.4 is 10.6 Å². The lowest BCUT2D eigenvalue weighted by atomic mass is 10.0. The second-order valence-electron chi connectivity index (χ2n) is 7.48. The van der Waals surface area contributed by atoms with Crippen molar-refractivity contribution in [2.45, 2.75) is 77.3 Å². The van der Waals surface area contributed by atoms with E-state index in [4.69, 9.17) is 10.2 Å². The lowest BCUT2D eigenvalue weighted by Crippen LogP contribution is -2.61. The average molecular weight is 456 g/mol. The SMILES string of the molecule is CCC(=O)N(CCCCC1NC(=O)C(CCCCN(C(=O)O)C(=O)CC)NC1=O)C(=O)O. The van der Waals surface area contributed by atoms with Gasteiger partial charge in [-0.05, 0) is 38.5 Å². The Morgan fingerprint density at radius 2 is 1.06 bits per heavy atom. The van der Waals surface area contributed by atoms with Crippen LogP contribution in [0.1, 0.15) is 65.2 Å². The molecule has 1 saturated heterocycles. The fourth-order valence-electron chi connectivity index (χ4n) is 3.35. The molecule has 12 nitrogen and oxygen atoms in total. The van der Waals surface area contributed by atoms with Gasteiger partial charge in [0, 0.05) is 25.9 Å². The van der Waals surface area contributed by atoms with Gasteiger partial charge < -0.3 is 20.8 Å². The fourth-order valence-corrected chi connectivity index (χ4v) is 3.35. The van der Waals surface area contributed by atoms with Crippen LogP contribution in [-0.2, 0) is 19.2 Å². The highest BCUT2D eigenvalue weighted by Crippen LogP contribution is 2.12. The van der Waals surface area contributed by atoms with Gasteiger partial charge >= 0.3 is 12.2 Å². The van der Waals surface area contributed by atoms with Crippen molar-refractivity contribution in [3.05, 3.63) is 0 Å². The van der Waals surface area contributed by atoms with E-state index in [1.165, 1.54) is 0 Å². The van der Waals surface area contributed by atoms with Gasteiger partial charge in [0.15, 0.2) is 0 Å². The largest absolute Gasteiger partial charge is 0.465 e. The molecule has 0 aromatic rings. The third kappa shape index (κ3) is 8.16. The first kappa shape index (κ1) is 26.9. The van der Waals surface area contributed by atoms with Gasteiger partial charge in [0.05, 0.1) is 0 Å². The fraction of sp³-hybridized carbons (Fsp3) is 0.700. The zero-order valence-corrected chi connectivity index (χ0v) is 18.5. The van der Waals surface area contributed by atoms with E-state index in [2.05, 4.69) is 10.6 Å². The monoisotopic (exact) mass is 456 g/mol. The molecule has 0 aromatic carbocycles. The van der Waals surface area contributed by atoms with Crippen LogP contribution in [0.3, 0.4) is 0 Å². The zero-order chi connectivity index (χ0) is 24.3. The molecule has 12 heteroatoms. The molecule has 1 rings (SSSR count). The van der Waals surface area contributed by atoms with E-state index in [0.29, 0.717) is 38.5 Å². The summed E-state index contributed by atoms with van der Waals surface area (Å²) in [7, 11) is 0. The van der Waals surface area contributed by atoms with E-state index in [1.54, 1.807) is 13.8 Å². The standard InChI is InChI=1S/C20H32N4O8/c1-3-15(25)23(19(29)30)11-7-5-9-13-17(27)22-14(18(28)21-13)10-6-8-12-24(20(31)32)16(26)4-2/h13-14H,3-12H2,1-2H3,(H,21,28)(H,22,27)(H,29,30)(H,31,32). The summed E-state index contributed by atoms with van der Waals surface area (Å²) >= 11 is 0. The van der Waals surface area contributed by atoms with Gasteiger partial charge in [-0.1, -0.05) is 13.8 Å². The number of unbranched alkanes of at least 4 members (excludes halogenated alkanes) is 2. The van der Waals surface area contributed by atoms with Crippen molar-refractivity contribution in [1.82, 2.24) is 20.4 Å². The number of amides is 6. The van der Waals surface area contributed by atoms with Gasteiger partial charge in [0.1, 0.15) is 12.1 Å². The first-order chi connectivity index (χ1) is 15.1. The molecular formula is C20H32N4O8. The van der Waals surface area contributed by atoms with E-state index in [-0.39, 0.29) is 37.7 Å². The second-order valence-corrected chi connectivity index (χ2v) is 7.48. The van der Waals surface area contributed by atoms with Crippen LogP contribution in [0.2, 0.25) is 0 Å². The molecule has 0 bridgehead atoms. The molecule has 1 fully saturated rings. The van der Waals surface area contributed by atoms with E-state index in [0.717, 1.165) is 9.80 Å². The first-order valence-electron chi connectivity index (χ1n) is 10.8. The molecule has 0 radical (unpaired) electrons. The molecule has 1 heterocycles. The topological polar surface area (TPSA) is 173 Å². The predicted octanol–water partition coefficient (Wildman–Crippen LogP) is 1.14. The molecule has 180 valence electrons. The Bertz CT molecular complexity index is 666. The Balaban J connectivity index is 2.39. The van der Waals surface area contributed by atoms with Crippen molar-refractivity contribution in [3.63, 3.8) is 0 Å². The van der Waals surface area contributed by atoms with E-state index in [9.17, 15) is 28.8 Å². The minimum absolute atomic E-state index is 0.0286.